The van der Waals surface area contributed by atoms with Crippen LogP contribution in [-0.2, 0) is 4.74 Å². The number of carbonyl (C=O) groups excluding carboxylic acids is 1. The molecule has 42 heavy (non-hydrogen) atoms. The molecule has 1 fully saturated rings. The first-order valence-electron chi connectivity index (χ1n) is 13.2. The van der Waals surface area contributed by atoms with Gasteiger partial charge in [-0.05, 0) is 48.5 Å². The van der Waals surface area contributed by atoms with E-state index < -0.39 is 23.1 Å². The molecule has 0 spiro atoms. The standard InChI is InChI=1S/C31H27F2N5O4/c32-21-6-9-23(10-7-21)38-15-3-5-25(31(38)40)30(39)36-22-8-11-28(26(33)20-22)42-27-12-13-35-29(34)24(27)4-1-2-14-37-16-18-41-19-17-37/h3,5-13,15,20H,2,14,16-19H2,(H2,34,35)(H,36,39). The van der Waals surface area contributed by atoms with Gasteiger partial charge in [0.2, 0.25) is 0 Å². The fraction of sp³-hybridized carbons (Fsp3) is 0.194. The number of halogens is 2. The average molecular weight is 572 g/mol. The molecule has 1 aliphatic rings. The topological polar surface area (TPSA) is 112 Å². The third kappa shape index (κ3) is 6.80. The summed E-state index contributed by atoms with van der Waals surface area (Å²) in [5, 5.41) is 2.53. The summed E-state index contributed by atoms with van der Waals surface area (Å²) in [5.74, 6) is 4.40. The Morgan fingerprint density at radius 1 is 1.07 bits per heavy atom. The minimum absolute atomic E-state index is 0.110. The van der Waals surface area contributed by atoms with E-state index in [1.807, 2.05) is 0 Å². The lowest BCUT2D eigenvalue weighted by Crippen LogP contribution is -2.36. The number of carbonyl (C=O) groups is 1. The molecular formula is C31H27F2N5O4. The van der Waals surface area contributed by atoms with Crippen molar-refractivity contribution in [3.05, 3.63) is 106 Å². The third-order valence-electron chi connectivity index (χ3n) is 6.52. The highest BCUT2D eigenvalue weighted by atomic mass is 19.1. The maximum absolute atomic E-state index is 15.1. The number of hydrogen-bond donors (Lipinski definition) is 2. The van der Waals surface area contributed by atoms with Crippen LogP contribution in [0.1, 0.15) is 22.3 Å². The highest BCUT2D eigenvalue weighted by molar-refractivity contribution is 6.04. The van der Waals surface area contributed by atoms with Crippen LogP contribution in [0.2, 0.25) is 0 Å². The van der Waals surface area contributed by atoms with E-state index in [-0.39, 0.29) is 28.6 Å². The Labute approximate surface area is 240 Å². The van der Waals surface area contributed by atoms with E-state index in [9.17, 15) is 14.0 Å². The van der Waals surface area contributed by atoms with E-state index in [1.54, 1.807) is 6.07 Å². The molecule has 0 aliphatic carbocycles. The summed E-state index contributed by atoms with van der Waals surface area (Å²) < 4.78 is 40.7. The zero-order valence-corrected chi connectivity index (χ0v) is 22.5. The quantitative estimate of drug-likeness (QED) is 0.320. The van der Waals surface area contributed by atoms with E-state index >= 15 is 4.39 Å². The Hall–Kier alpha value is -5.05. The molecule has 9 nitrogen and oxygen atoms in total. The molecule has 0 unspecified atom stereocenters. The molecule has 214 valence electrons. The third-order valence-corrected chi connectivity index (χ3v) is 6.52. The number of rotatable bonds is 7. The van der Waals surface area contributed by atoms with Crippen LogP contribution in [0.4, 0.5) is 20.3 Å². The molecule has 0 saturated carbocycles. The minimum Gasteiger partial charge on any atom is -0.453 e. The molecule has 2 aromatic carbocycles. The molecule has 0 radical (unpaired) electrons. The van der Waals surface area contributed by atoms with Gasteiger partial charge in [-0.2, -0.15) is 0 Å². The summed E-state index contributed by atoms with van der Waals surface area (Å²) in [7, 11) is 0. The lowest BCUT2D eigenvalue weighted by molar-refractivity contribution is 0.0390. The SMILES string of the molecule is Nc1nccc(Oc2ccc(NC(=O)c3cccn(-c4ccc(F)cc4)c3=O)cc2F)c1C#CCCN1CCOCC1. The smallest absolute Gasteiger partial charge is 0.267 e. The van der Waals surface area contributed by atoms with Crippen molar-refractivity contribution in [1.82, 2.24) is 14.5 Å². The van der Waals surface area contributed by atoms with Crippen LogP contribution < -0.4 is 21.3 Å². The number of hydrogen-bond acceptors (Lipinski definition) is 7. The van der Waals surface area contributed by atoms with Crippen molar-refractivity contribution in [2.75, 3.05) is 43.9 Å². The van der Waals surface area contributed by atoms with Gasteiger partial charge >= 0.3 is 0 Å². The predicted octanol–water partition coefficient (Wildman–Crippen LogP) is 4.21. The molecule has 1 aliphatic heterocycles. The normalized spacial score (nSPS) is 13.2. The number of nitrogens with zero attached hydrogens (tertiary/aromatic N) is 3. The van der Waals surface area contributed by atoms with Gasteiger partial charge < -0.3 is 20.5 Å². The summed E-state index contributed by atoms with van der Waals surface area (Å²) in [6.45, 7) is 3.93. The van der Waals surface area contributed by atoms with Gasteiger partial charge in [-0.15, -0.1) is 0 Å². The maximum Gasteiger partial charge on any atom is 0.267 e. The Morgan fingerprint density at radius 2 is 1.86 bits per heavy atom. The van der Waals surface area contributed by atoms with E-state index in [1.165, 1.54) is 65.5 Å². The van der Waals surface area contributed by atoms with Gasteiger partial charge in [0.15, 0.2) is 11.6 Å². The number of nitrogen functional groups attached to an aromatic ring is 1. The van der Waals surface area contributed by atoms with Crippen LogP contribution in [0.3, 0.4) is 0 Å². The molecule has 1 saturated heterocycles. The molecule has 3 heterocycles. The van der Waals surface area contributed by atoms with E-state index in [4.69, 9.17) is 15.2 Å². The second kappa shape index (κ2) is 13.1. The van der Waals surface area contributed by atoms with Crippen molar-refractivity contribution in [3.63, 3.8) is 0 Å². The molecule has 0 atom stereocenters. The number of pyridine rings is 2. The Bertz CT molecular complexity index is 1710. The van der Waals surface area contributed by atoms with Gasteiger partial charge in [-0.25, -0.2) is 13.8 Å². The Morgan fingerprint density at radius 3 is 2.62 bits per heavy atom. The zero-order chi connectivity index (χ0) is 29.5. The molecular weight excluding hydrogens is 544 g/mol. The number of aromatic nitrogens is 2. The largest absolute Gasteiger partial charge is 0.453 e. The highest BCUT2D eigenvalue weighted by Crippen LogP contribution is 2.30. The summed E-state index contributed by atoms with van der Waals surface area (Å²) in [6, 6.07) is 13.5. The molecule has 3 N–H and O–H groups in total. The fourth-order valence-electron chi connectivity index (χ4n) is 4.31. The van der Waals surface area contributed by atoms with Crippen LogP contribution in [0.5, 0.6) is 11.5 Å². The Kier molecular flexibility index (Phi) is 8.87. The molecule has 4 aromatic rings. The highest BCUT2D eigenvalue weighted by Gasteiger charge is 2.16. The van der Waals surface area contributed by atoms with E-state index in [2.05, 4.69) is 27.0 Å². The van der Waals surface area contributed by atoms with Gasteiger partial charge in [-0.3, -0.25) is 19.1 Å². The first-order valence-corrected chi connectivity index (χ1v) is 13.2. The van der Waals surface area contributed by atoms with Gasteiger partial charge in [0, 0.05) is 62.0 Å². The zero-order valence-electron chi connectivity index (χ0n) is 22.5. The second-order valence-corrected chi connectivity index (χ2v) is 9.35. The fourth-order valence-corrected chi connectivity index (χ4v) is 4.31. The summed E-state index contributed by atoms with van der Waals surface area (Å²) in [6.07, 6.45) is 3.51. The first-order chi connectivity index (χ1) is 20.4. The van der Waals surface area contributed by atoms with Crippen molar-refractivity contribution in [2.45, 2.75) is 6.42 Å². The molecule has 5 rings (SSSR count). The number of anilines is 2. The van der Waals surface area contributed by atoms with Crippen molar-refractivity contribution in [1.29, 1.82) is 0 Å². The van der Waals surface area contributed by atoms with Crippen LogP contribution in [0.25, 0.3) is 5.69 Å². The van der Waals surface area contributed by atoms with Crippen molar-refractivity contribution < 1.29 is 23.0 Å². The number of nitrogens with two attached hydrogens (primary N) is 1. The summed E-state index contributed by atoms with van der Waals surface area (Å²) in [5.41, 5.74) is 6.09. The molecule has 11 heteroatoms. The number of ether oxygens (including phenoxy) is 2. The minimum atomic E-state index is -0.758. The van der Waals surface area contributed by atoms with Crippen LogP contribution >= 0.6 is 0 Å². The molecule has 0 bridgehead atoms. The summed E-state index contributed by atoms with van der Waals surface area (Å²) >= 11 is 0. The van der Waals surface area contributed by atoms with Crippen molar-refractivity contribution in [3.8, 4) is 29.0 Å². The summed E-state index contributed by atoms with van der Waals surface area (Å²) in [4.78, 5) is 32.1. The van der Waals surface area contributed by atoms with Crippen LogP contribution in [0.15, 0.2) is 77.9 Å². The lowest BCUT2D eigenvalue weighted by atomic mass is 10.2. The average Bonchev–Trinajstić information content (AvgIpc) is 2.99. The maximum atomic E-state index is 15.1. The van der Waals surface area contributed by atoms with Gasteiger partial charge in [0.05, 0.1) is 13.2 Å². The van der Waals surface area contributed by atoms with E-state index in [0.29, 0.717) is 30.9 Å². The van der Waals surface area contributed by atoms with Crippen LogP contribution in [0, 0.1) is 23.5 Å². The van der Waals surface area contributed by atoms with Gasteiger partial charge in [0.25, 0.3) is 11.5 Å². The van der Waals surface area contributed by atoms with Crippen molar-refractivity contribution in [2.24, 2.45) is 0 Å². The number of benzene rings is 2. The molecule has 1 amide bonds. The molecule has 2 aromatic heterocycles. The number of amides is 1. The van der Waals surface area contributed by atoms with Crippen molar-refractivity contribution >= 4 is 17.4 Å². The second-order valence-electron chi connectivity index (χ2n) is 9.35. The number of nitrogens with one attached hydrogen (secondary N) is 1. The van der Waals surface area contributed by atoms with E-state index in [0.717, 1.165) is 25.7 Å². The van der Waals surface area contributed by atoms with Crippen LogP contribution in [-0.4, -0.2) is 53.2 Å². The lowest BCUT2D eigenvalue weighted by Gasteiger charge is -2.25. The Balaban J connectivity index is 1.28. The van der Waals surface area contributed by atoms with Gasteiger partial charge in [-0.1, -0.05) is 11.8 Å². The number of morpholine rings is 1. The monoisotopic (exact) mass is 571 g/mol. The predicted molar refractivity (Wildman–Crippen MR) is 154 cm³/mol. The van der Waals surface area contributed by atoms with Gasteiger partial charge in [0.1, 0.15) is 28.5 Å². The first kappa shape index (κ1) is 28.5.